The molecule has 12 nitrogen and oxygen atoms in total. The largest absolute Gasteiger partial charge is 0.467 e. The van der Waals surface area contributed by atoms with Crippen LogP contribution < -0.4 is 16.0 Å². The number of nitrogens with one attached hydrogen (secondary N) is 3. The average molecular weight is 711 g/mol. The molecule has 0 aliphatic carbocycles. The van der Waals surface area contributed by atoms with Crippen molar-refractivity contribution in [2.75, 3.05) is 26.2 Å². The van der Waals surface area contributed by atoms with Gasteiger partial charge in [-0.1, -0.05) is 51.5 Å². The molecule has 0 aliphatic heterocycles. The number of methoxy groups -OCH3 is 1. The number of esters is 2. The molecule has 1 aromatic heterocycles. The molecule has 260 valence electrons. The average Bonchev–Trinajstić information content (AvgIpc) is 3.52. The Labute approximate surface area is 286 Å². The maximum absolute atomic E-state index is 13.4. The predicted molar refractivity (Wildman–Crippen MR) is 184 cm³/mol. The number of aromatic nitrogens is 1. The Morgan fingerprint density at radius 1 is 0.979 bits per heavy atom. The number of rotatable bonds is 18. The summed E-state index contributed by atoms with van der Waals surface area (Å²) in [4.78, 5) is 66.9. The van der Waals surface area contributed by atoms with Gasteiger partial charge in [-0.05, 0) is 36.5 Å². The Morgan fingerprint density at radius 2 is 1.66 bits per heavy atom. The number of halogens is 1. The summed E-state index contributed by atoms with van der Waals surface area (Å²) in [6.07, 6.45) is 3.08. The number of unbranched alkanes of at least 4 members (excludes halogenated alkanes) is 2. The molecule has 0 spiro atoms. The number of carbonyl (C=O) groups is 5. The molecule has 0 aliphatic rings. The molecular formula is C32H47ClN4O8SSi. The highest BCUT2D eigenvalue weighted by molar-refractivity contribution is 7.13. The molecule has 15 heteroatoms. The topological polar surface area (TPSA) is 162 Å². The van der Waals surface area contributed by atoms with Crippen LogP contribution in [0.2, 0.25) is 18.1 Å². The molecule has 1 aromatic carbocycles. The zero-order chi connectivity index (χ0) is 35.2. The second kappa shape index (κ2) is 18.9. The third-order valence-electron chi connectivity index (χ3n) is 7.76. The van der Waals surface area contributed by atoms with E-state index in [4.69, 9.17) is 25.5 Å². The fourth-order valence-corrected chi connectivity index (χ4v) is 5.84. The Balaban J connectivity index is 2.14. The summed E-state index contributed by atoms with van der Waals surface area (Å²) in [7, 11) is -1.20. The number of alkyl halides is 1. The van der Waals surface area contributed by atoms with Crippen LogP contribution in [-0.2, 0) is 39.6 Å². The molecule has 2 atom stereocenters. The third kappa shape index (κ3) is 13.4. The van der Waals surface area contributed by atoms with Crippen molar-refractivity contribution in [3.05, 3.63) is 40.9 Å². The van der Waals surface area contributed by atoms with Crippen LogP contribution in [0.4, 0.5) is 0 Å². The molecular weight excluding hydrogens is 664 g/mol. The van der Waals surface area contributed by atoms with Gasteiger partial charge in [0.15, 0.2) is 14.4 Å². The van der Waals surface area contributed by atoms with E-state index in [0.29, 0.717) is 23.9 Å². The van der Waals surface area contributed by atoms with Gasteiger partial charge < -0.3 is 29.9 Å². The monoisotopic (exact) mass is 710 g/mol. The summed E-state index contributed by atoms with van der Waals surface area (Å²) in [6, 6.07) is 5.02. The van der Waals surface area contributed by atoms with Gasteiger partial charge in [0.25, 0.3) is 5.91 Å². The first-order valence-corrected chi connectivity index (χ1v) is 19.7. The van der Waals surface area contributed by atoms with E-state index in [1.165, 1.54) is 18.3 Å². The van der Waals surface area contributed by atoms with Crippen molar-refractivity contribution in [1.29, 1.82) is 0 Å². The van der Waals surface area contributed by atoms with Gasteiger partial charge in [-0.15, -0.1) is 22.9 Å². The van der Waals surface area contributed by atoms with Crippen molar-refractivity contribution >= 4 is 60.9 Å². The van der Waals surface area contributed by atoms with Crippen LogP contribution in [0.25, 0.3) is 10.6 Å². The number of ether oxygens (including phenoxy) is 2. The highest BCUT2D eigenvalue weighted by Crippen LogP contribution is 2.36. The number of hydrogen-bond acceptors (Lipinski definition) is 10. The SMILES string of the molecule is COC(=O)C(COC(C)=O)NC(=O)C(CO[Si](C)(C)C(C)(C)C)NC(=O)c1csc(-c2ccc(CNC(=O)CCCCCCl)cc2)n1. The number of nitrogens with zero attached hydrogens (tertiary/aromatic N) is 1. The summed E-state index contributed by atoms with van der Waals surface area (Å²) in [5.41, 5.74) is 1.81. The van der Waals surface area contributed by atoms with E-state index in [-0.39, 0.29) is 23.2 Å². The van der Waals surface area contributed by atoms with Gasteiger partial charge in [0.1, 0.15) is 23.4 Å². The summed E-state index contributed by atoms with van der Waals surface area (Å²) in [6.45, 7) is 11.1. The fraction of sp³-hybridized carbons (Fsp3) is 0.562. The summed E-state index contributed by atoms with van der Waals surface area (Å²) >= 11 is 6.94. The van der Waals surface area contributed by atoms with Crippen molar-refractivity contribution in [3.8, 4) is 10.6 Å². The second-order valence-corrected chi connectivity index (χ2v) is 18.5. The van der Waals surface area contributed by atoms with E-state index >= 15 is 0 Å². The predicted octanol–water partition coefficient (Wildman–Crippen LogP) is 4.57. The van der Waals surface area contributed by atoms with Gasteiger partial charge in [0, 0.05) is 36.7 Å². The quantitative estimate of drug-likeness (QED) is 0.0871. The molecule has 2 rings (SSSR count). The molecule has 3 amide bonds. The number of carbonyl (C=O) groups excluding carboxylic acids is 5. The van der Waals surface area contributed by atoms with Crippen LogP contribution in [0.3, 0.4) is 0 Å². The third-order valence-corrected chi connectivity index (χ3v) is 13.4. The minimum atomic E-state index is -2.34. The maximum Gasteiger partial charge on any atom is 0.331 e. The summed E-state index contributed by atoms with van der Waals surface area (Å²) < 4.78 is 15.9. The zero-order valence-electron chi connectivity index (χ0n) is 28.2. The lowest BCUT2D eigenvalue weighted by Crippen LogP contribution is -2.56. The number of benzene rings is 1. The molecule has 47 heavy (non-hydrogen) atoms. The van der Waals surface area contributed by atoms with Crippen molar-refractivity contribution < 1.29 is 37.9 Å². The lowest BCUT2D eigenvalue weighted by atomic mass is 10.1. The first-order valence-electron chi connectivity index (χ1n) is 15.4. The Morgan fingerprint density at radius 3 is 2.26 bits per heavy atom. The molecule has 3 N–H and O–H groups in total. The molecule has 0 bridgehead atoms. The van der Waals surface area contributed by atoms with Crippen LogP contribution in [0.5, 0.6) is 0 Å². The summed E-state index contributed by atoms with van der Waals surface area (Å²) in [5.74, 6) is -2.18. The van der Waals surface area contributed by atoms with Crippen LogP contribution in [0.15, 0.2) is 29.6 Å². The molecule has 0 saturated carbocycles. The molecule has 0 fully saturated rings. The van der Waals surface area contributed by atoms with Gasteiger partial charge in [0.05, 0.1) is 13.7 Å². The van der Waals surface area contributed by atoms with Crippen molar-refractivity contribution in [3.63, 3.8) is 0 Å². The van der Waals surface area contributed by atoms with E-state index in [0.717, 1.165) is 37.5 Å². The van der Waals surface area contributed by atoms with E-state index < -0.39 is 50.8 Å². The Bertz CT molecular complexity index is 1360. The van der Waals surface area contributed by atoms with E-state index in [2.05, 4.69) is 20.9 Å². The highest BCUT2D eigenvalue weighted by Gasteiger charge is 2.39. The van der Waals surface area contributed by atoms with Gasteiger partial charge in [-0.25, -0.2) is 9.78 Å². The number of amides is 3. The molecule has 0 radical (unpaired) electrons. The molecule has 1 heterocycles. The van der Waals surface area contributed by atoms with Crippen LogP contribution in [-0.4, -0.2) is 81.2 Å². The summed E-state index contributed by atoms with van der Waals surface area (Å²) in [5, 5.41) is 10.1. The molecule has 2 aromatic rings. The van der Waals surface area contributed by atoms with Crippen molar-refractivity contribution in [2.45, 2.75) is 90.1 Å². The van der Waals surface area contributed by atoms with E-state index in [1.807, 2.05) is 58.1 Å². The number of hydrogen-bond donors (Lipinski definition) is 3. The maximum atomic E-state index is 13.4. The van der Waals surface area contributed by atoms with Gasteiger partial charge >= 0.3 is 11.9 Å². The minimum absolute atomic E-state index is 0.00821. The fourth-order valence-electron chi connectivity index (χ4n) is 3.83. The van der Waals surface area contributed by atoms with Crippen LogP contribution in [0.1, 0.15) is 69.4 Å². The molecule has 2 unspecified atom stereocenters. The first kappa shape index (κ1) is 39.8. The van der Waals surface area contributed by atoms with Crippen LogP contribution in [0, 0.1) is 0 Å². The Hall–Kier alpha value is -3.33. The second-order valence-electron chi connectivity index (χ2n) is 12.5. The normalized spacial score (nSPS) is 12.9. The standard InChI is InChI=1S/C32H47ClN4O8SSi/c1-21(38)44-18-25(31(42)43-5)36-28(40)24(19-45-47(6,7)32(2,3)4)35-29(41)26-20-46-30(37-26)23-14-12-22(13-15-23)17-34-27(39)11-9-8-10-16-33/h12-15,20,24-25H,8-11,16-19H2,1-7H3,(H,34,39)(H,35,41)(H,36,40). The van der Waals surface area contributed by atoms with Crippen molar-refractivity contribution in [1.82, 2.24) is 20.9 Å². The van der Waals surface area contributed by atoms with Crippen molar-refractivity contribution in [2.24, 2.45) is 0 Å². The van der Waals surface area contributed by atoms with Crippen LogP contribution >= 0.6 is 22.9 Å². The van der Waals surface area contributed by atoms with Gasteiger partial charge in [0.2, 0.25) is 11.8 Å². The van der Waals surface area contributed by atoms with Gasteiger partial charge in [-0.2, -0.15) is 0 Å². The highest BCUT2D eigenvalue weighted by atomic mass is 35.5. The molecule has 0 saturated heterocycles. The minimum Gasteiger partial charge on any atom is -0.467 e. The Kier molecular flexibility index (Phi) is 16.0. The van der Waals surface area contributed by atoms with Gasteiger partial charge in [-0.3, -0.25) is 19.2 Å². The zero-order valence-corrected chi connectivity index (χ0v) is 30.8. The van der Waals surface area contributed by atoms with E-state index in [9.17, 15) is 24.0 Å². The lowest BCUT2D eigenvalue weighted by molar-refractivity contribution is -0.151. The number of thiazole rings is 1. The van der Waals surface area contributed by atoms with E-state index in [1.54, 1.807) is 5.38 Å². The smallest absolute Gasteiger partial charge is 0.331 e. The lowest BCUT2D eigenvalue weighted by Gasteiger charge is -2.37. The first-order chi connectivity index (χ1) is 22.1.